The fourth-order valence-electron chi connectivity index (χ4n) is 0.965. The number of thiazole rings is 1. The normalized spacial score (nSPS) is 24.2. The van der Waals surface area contributed by atoms with Crippen molar-refractivity contribution in [3.05, 3.63) is 11.1 Å². The topological polar surface area (TPSA) is 97.8 Å². The summed E-state index contributed by atoms with van der Waals surface area (Å²) in [5.74, 6) is -1.21. The molecule has 2 unspecified atom stereocenters. The summed E-state index contributed by atoms with van der Waals surface area (Å²) in [6.45, 7) is 0. The molecule has 0 aromatic carbocycles. The molecule has 1 saturated carbocycles. The molecule has 0 saturated heterocycles. The molecule has 16 heavy (non-hydrogen) atoms. The first-order chi connectivity index (χ1) is 7.58. The van der Waals surface area contributed by atoms with E-state index in [0.717, 1.165) is 11.3 Å². The summed E-state index contributed by atoms with van der Waals surface area (Å²) in [6.07, 6.45) is 0.476. The Morgan fingerprint density at radius 2 is 2.50 bits per heavy atom. The number of nitrogens with two attached hydrogens (primary N) is 1. The maximum absolute atomic E-state index is 10.9. The van der Waals surface area contributed by atoms with E-state index >= 15 is 0 Å². The van der Waals surface area contributed by atoms with Crippen molar-refractivity contribution >= 4 is 39.8 Å². The van der Waals surface area contributed by atoms with Gasteiger partial charge in [0.2, 0.25) is 5.71 Å². The van der Waals surface area contributed by atoms with Crippen molar-refractivity contribution in [2.45, 2.75) is 17.9 Å². The Bertz CT molecular complexity index is 447. The zero-order valence-corrected chi connectivity index (χ0v) is 9.53. The molecule has 0 radical (unpaired) electrons. The summed E-state index contributed by atoms with van der Waals surface area (Å²) in [5.41, 5.74) is 5.34. The van der Waals surface area contributed by atoms with Crippen LogP contribution in [0, 0.1) is 0 Å². The van der Waals surface area contributed by atoms with Crippen molar-refractivity contribution in [2.75, 3.05) is 5.73 Å². The van der Waals surface area contributed by atoms with Crippen LogP contribution in [0.5, 0.6) is 0 Å². The van der Waals surface area contributed by atoms with E-state index in [-0.39, 0.29) is 28.0 Å². The highest BCUT2D eigenvalue weighted by Crippen LogP contribution is 2.31. The Labute approximate surface area is 99.7 Å². The van der Waals surface area contributed by atoms with Crippen molar-refractivity contribution < 1.29 is 14.7 Å². The van der Waals surface area contributed by atoms with Gasteiger partial charge in [-0.05, 0) is 0 Å². The summed E-state index contributed by atoms with van der Waals surface area (Å²) in [4.78, 5) is 19.7. The Morgan fingerprint density at radius 1 is 1.81 bits per heavy atom. The number of rotatable bonds is 4. The van der Waals surface area contributed by atoms with Crippen LogP contribution in [0.2, 0.25) is 0 Å². The number of aromatic nitrogens is 1. The number of nitrogen functional groups attached to an aromatic ring is 1. The molecule has 2 rings (SSSR count). The molecule has 1 aromatic rings. The monoisotopic (exact) mass is 261 g/mol. The smallest absolute Gasteiger partial charge is 0.360 e. The van der Waals surface area contributed by atoms with E-state index in [9.17, 15) is 4.79 Å². The number of aliphatic carboxylic acids is 1. The maximum atomic E-state index is 10.9. The largest absolute Gasteiger partial charge is 0.476 e. The lowest BCUT2D eigenvalue weighted by Crippen LogP contribution is -2.16. The molecule has 1 aliphatic rings. The SMILES string of the molecule is Nc1nc(C(=NOC2CC2Cl)C(=O)O)cs1. The van der Waals surface area contributed by atoms with Gasteiger partial charge in [-0.15, -0.1) is 22.9 Å². The second-order valence-electron chi connectivity index (χ2n) is 3.21. The minimum absolute atomic E-state index is 0.0840. The third-order valence-corrected chi connectivity index (χ3v) is 3.04. The first kappa shape index (κ1) is 11.2. The van der Waals surface area contributed by atoms with Gasteiger partial charge in [0.15, 0.2) is 5.13 Å². The number of alkyl halides is 1. The first-order valence-electron chi connectivity index (χ1n) is 4.40. The lowest BCUT2D eigenvalue weighted by molar-refractivity contribution is -0.129. The minimum Gasteiger partial charge on any atom is -0.476 e. The van der Waals surface area contributed by atoms with Crippen molar-refractivity contribution in [1.29, 1.82) is 0 Å². The van der Waals surface area contributed by atoms with Gasteiger partial charge in [0.05, 0.1) is 5.38 Å². The molecule has 1 aromatic heterocycles. The zero-order valence-electron chi connectivity index (χ0n) is 7.96. The Hall–Kier alpha value is -1.34. The quantitative estimate of drug-likeness (QED) is 0.477. The summed E-state index contributed by atoms with van der Waals surface area (Å²) in [5, 5.41) is 14.2. The van der Waals surface area contributed by atoms with Gasteiger partial charge >= 0.3 is 5.97 Å². The van der Waals surface area contributed by atoms with Crippen LogP contribution in [0.4, 0.5) is 5.13 Å². The van der Waals surface area contributed by atoms with E-state index in [1.807, 2.05) is 0 Å². The van der Waals surface area contributed by atoms with Gasteiger partial charge in [-0.2, -0.15) is 0 Å². The number of carboxylic acid groups (broad SMARTS) is 1. The van der Waals surface area contributed by atoms with Gasteiger partial charge in [0.1, 0.15) is 11.8 Å². The summed E-state index contributed by atoms with van der Waals surface area (Å²) in [7, 11) is 0. The van der Waals surface area contributed by atoms with E-state index in [0.29, 0.717) is 6.42 Å². The van der Waals surface area contributed by atoms with E-state index in [2.05, 4.69) is 10.1 Å². The molecule has 0 spiro atoms. The van der Waals surface area contributed by atoms with Crippen molar-refractivity contribution in [1.82, 2.24) is 4.98 Å². The molecule has 3 N–H and O–H groups in total. The van der Waals surface area contributed by atoms with E-state index < -0.39 is 5.97 Å². The fraction of sp³-hybridized carbons (Fsp3) is 0.375. The number of carboxylic acids is 1. The number of oxime groups is 1. The number of nitrogens with zero attached hydrogens (tertiary/aromatic N) is 2. The molecule has 0 aliphatic heterocycles. The van der Waals surface area contributed by atoms with Gasteiger partial charge in [0, 0.05) is 11.8 Å². The van der Waals surface area contributed by atoms with Crippen LogP contribution in [-0.4, -0.2) is 33.3 Å². The molecule has 1 aliphatic carbocycles. The van der Waals surface area contributed by atoms with Crippen LogP contribution >= 0.6 is 22.9 Å². The van der Waals surface area contributed by atoms with Gasteiger partial charge in [-0.25, -0.2) is 9.78 Å². The third kappa shape index (κ3) is 2.42. The maximum Gasteiger partial charge on any atom is 0.360 e. The third-order valence-electron chi connectivity index (χ3n) is 1.90. The Balaban J connectivity index is 2.13. The molecule has 1 fully saturated rings. The highest BCUT2D eigenvalue weighted by Gasteiger charge is 2.38. The highest BCUT2D eigenvalue weighted by molar-refractivity contribution is 7.13. The van der Waals surface area contributed by atoms with Crippen LogP contribution in [0.15, 0.2) is 10.5 Å². The second-order valence-corrected chi connectivity index (χ2v) is 4.66. The van der Waals surface area contributed by atoms with Crippen LogP contribution in [0.25, 0.3) is 0 Å². The average molecular weight is 262 g/mol. The molecule has 0 amide bonds. The van der Waals surface area contributed by atoms with Crippen LogP contribution < -0.4 is 5.73 Å². The van der Waals surface area contributed by atoms with Gasteiger partial charge < -0.3 is 15.7 Å². The lowest BCUT2D eigenvalue weighted by atomic mass is 10.3. The molecule has 6 nitrogen and oxygen atoms in total. The summed E-state index contributed by atoms with van der Waals surface area (Å²) in [6, 6.07) is 0. The molecule has 0 bridgehead atoms. The number of anilines is 1. The molecular formula is C8H8ClN3O3S. The molecule has 8 heteroatoms. The minimum atomic E-state index is -1.21. The molecule has 1 heterocycles. The number of carbonyl (C=O) groups is 1. The average Bonchev–Trinajstić information content (AvgIpc) is 2.72. The lowest BCUT2D eigenvalue weighted by Gasteiger charge is -1.98. The fourth-order valence-corrected chi connectivity index (χ4v) is 1.73. The molecular weight excluding hydrogens is 254 g/mol. The Kier molecular flexibility index (Phi) is 2.97. The van der Waals surface area contributed by atoms with E-state index in [1.165, 1.54) is 5.38 Å². The van der Waals surface area contributed by atoms with E-state index in [1.54, 1.807) is 0 Å². The van der Waals surface area contributed by atoms with Crippen LogP contribution in [0.3, 0.4) is 0 Å². The van der Waals surface area contributed by atoms with Gasteiger partial charge in [-0.1, -0.05) is 5.16 Å². The predicted molar refractivity (Wildman–Crippen MR) is 59.8 cm³/mol. The van der Waals surface area contributed by atoms with E-state index in [4.69, 9.17) is 27.3 Å². The van der Waals surface area contributed by atoms with Gasteiger partial charge in [-0.3, -0.25) is 0 Å². The van der Waals surface area contributed by atoms with Crippen LogP contribution in [0.1, 0.15) is 12.1 Å². The molecule has 2 atom stereocenters. The molecule has 86 valence electrons. The summed E-state index contributed by atoms with van der Waals surface area (Å²) >= 11 is 6.83. The second kappa shape index (κ2) is 4.26. The highest BCUT2D eigenvalue weighted by atomic mass is 35.5. The van der Waals surface area contributed by atoms with Crippen molar-refractivity contribution in [3.63, 3.8) is 0 Å². The Morgan fingerprint density at radius 3 is 2.94 bits per heavy atom. The predicted octanol–water partition coefficient (Wildman–Crippen LogP) is 0.910. The standard InChI is InChI=1S/C8H8ClN3O3S/c9-3-1-5(3)15-12-6(7(13)14)4-2-16-8(10)11-4/h2-3,5H,1H2,(H2,10,11)(H,13,14). The number of hydrogen-bond acceptors (Lipinski definition) is 6. The zero-order chi connectivity index (χ0) is 11.7. The van der Waals surface area contributed by atoms with Crippen LogP contribution in [-0.2, 0) is 9.63 Å². The number of halogens is 1. The first-order valence-corrected chi connectivity index (χ1v) is 5.72. The van der Waals surface area contributed by atoms with Crippen molar-refractivity contribution in [2.24, 2.45) is 5.16 Å². The summed E-state index contributed by atoms with van der Waals surface area (Å²) < 4.78 is 0. The number of hydrogen-bond donors (Lipinski definition) is 2. The van der Waals surface area contributed by atoms with Crippen molar-refractivity contribution in [3.8, 4) is 0 Å². The van der Waals surface area contributed by atoms with Gasteiger partial charge in [0.25, 0.3) is 0 Å².